The van der Waals surface area contributed by atoms with Crippen LogP contribution in [0.25, 0.3) is 10.2 Å². The van der Waals surface area contributed by atoms with Crippen molar-refractivity contribution in [1.29, 1.82) is 0 Å². The molecule has 100 valence electrons. The second-order valence-corrected chi connectivity index (χ2v) is 5.51. The summed E-state index contributed by atoms with van der Waals surface area (Å²) in [6.07, 6.45) is 3.06. The normalized spacial score (nSPS) is 10.7. The van der Waals surface area contributed by atoms with Crippen LogP contribution in [0.4, 0.5) is 10.8 Å². The number of nitrogen functional groups attached to an aromatic ring is 1. The van der Waals surface area contributed by atoms with Crippen molar-refractivity contribution in [1.82, 2.24) is 9.97 Å². The molecule has 0 aliphatic carbocycles. The predicted octanol–water partition coefficient (Wildman–Crippen LogP) is 3.18. The first-order valence-corrected chi connectivity index (χ1v) is 6.90. The lowest BCUT2D eigenvalue weighted by Gasteiger charge is -2.06. The van der Waals surface area contributed by atoms with Crippen molar-refractivity contribution in [3.8, 4) is 0 Å². The number of halogens is 1. The van der Waals surface area contributed by atoms with Gasteiger partial charge in [0, 0.05) is 11.8 Å². The summed E-state index contributed by atoms with van der Waals surface area (Å²) in [5, 5.41) is 3.64. The Kier molecular flexibility index (Phi) is 3.25. The highest BCUT2D eigenvalue weighted by atomic mass is 35.5. The first-order valence-electron chi connectivity index (χ1n) is 5.70. The molecule has 2 aromatic heterocycles. The molecule has 0 fully saturated rings. The molecule has 0 bridgehead atoms. The number of pyridine rings is 1. The van der Waals surface area contributed by atoms with E-state index in [1.807, 2.05) is 0 Å². The highest BCUT2D eigenvalue weighted by molar-refractivity contribution is 7.22. The van der Waals surface area contributed by atoms with Gasteiger partial charge in [0.05, 0.1) is 27.1 Å². The Bertz CT molecular complexity index is 802. The van der Waals surface area contributed by atoms with Gasteiger partial charge in [-0.2, -0.15) is 0 Å². The number of nitrogens with two attached hydrogens (primary N) is 1. The smallest absolute Gasteiger partial charge is 0.255 e. The number of carbonyl (C=O) groups excluding carboxylic acids is 1. The zero-order valence-corrected chi connectivity index (χ0v) is 11.7. The minimum atomic E-state index is -0.256. The number of aromatic nitrogens is 2. The number of benzene rings is 1. The Labute approximate surface area is 123 Å². The van der Waals surface area contributed by atoms with Crippen LogP contribution in [0.2, 0.25) is 5.02 Å². The molecule has 3 rings (SSSR count). The highest BCUT2D eigenvalue weighted by Gasteiger charge is 2.10. The number of hydrogen-bond donors (Lipinski definition) is 2. The molecule has 0 spiro atoms. The molecule has 0 unspecified atom stereocenters. The number of nitrogens with one attached hydrogen (secondary N) is 1. The van der Waals surface area contributed by atoms with Gasteiger partial charge in [-0.3, -0.25) is 9.78 Å². The van der Waals surface area contributed by atoms with E-state index in [0.29, 0.717) is 21.4 Å². The number of rotatable bonds is 2. The average molecular weight is 305 g/mol. The molecule has 3 aromatic rings. The standard InChI is InChI=1S/C13H9ClN4OS/c14-8-3-4-16-6-10(8)17-12(19)7-1-2-9-11(5-7)20-13(15)18-9/h1-6H,(H2,15,18)(H,17,19). The van der Waals surface area contributed by atoms with Crippen LogP contribution in [0.15, 0.2) is 36.7 Å². The van der Waals surface area contributed by atoms with Crippen LogP contribution in [-0.4, -0.2) is 15.9 Å². The Hall–Kier alpha value is -2.18. The summed E-state index contributed by atoms with van der Waals surface area (Å²) in [7, 11) is 0. The van der Waals surface area contributed by atoms with E-state index in [-0.39, 0.29) is 5.91 Å². The highest BCUT2D eigenvalue weighted by Crippen LogP contribution is 2.25. The van der Waals surface area contributed by atoms with Gasteiger partial charge in [0.15, 0.2) is 5.13 Å². The van der Waals surface area contributed by atoms with Gasteiger partial charge in [-0.15, -0.1) is 0 Å². The molecule has 1 aromatic carbocycles. The Balaban J connectivity index is 1.90. The first kappa shape index (κ1) is 12.8. The Morgan fingerprint density at radius 2 is 2.20 bits per heavy atom. The molecule has 20 heavy (non-hydrogen) atoms. The number of anilines is 2. The molecule has 0 saturated heterocycles. The van der Waals surface area contributed by atoms with Crippen LogP contribution >= 0.6 is 22.9 Å². The van der Waals surface area contributed by atoms with Crippen LogP contribution in [0, 0.1) is 0 Å². The zero-order chi connectivity index (χ0) is 14.1. The average Bonchev–Trinajstić information content (AvgIpc) is 2.80. The summed E-state index contributed by atoms with van der Waals surface area (Å²) in [5.41, 5.74) is 7.41. The van der Waals surface area contributed by atoms with Crippen molar-refractivity contribution in [3.63, 3.8) is 0 Å². The van der Waals surface area contributed by atoms with Gasteiger partial charge in [-0.25, -0.2) is 4.98 Å². The molecule has 5 nitrogen and oxygen atoms in total. The fourth-order valence-corrected chi connectivity index (χ4v) is 2.67. The molecule has 2 heterocycles. The van der Waals surface area contributed by atoms with E-state index in [9.17, 15) is 4.79 Å². The molecule has 7 heteroatoms. The lowest BCUT2D eigenvalue weighted by molar-refractivity contribution is 0.102. The van der Waals surface area contributed by atoms with Gasteiger partial charge in [-0.1, -0.05) is 22.9 Å². The van der Waals surface area contributed by atoms with Gasteiger partial charge >= 0.3 is 0 Å². The lowest BCUT2D eigenvalue weighted by Crippen LogP contribution is -2.12. The molecule has 3 N–H and O–H groups in total. The van der Waals surface area contributed by atoms with Crippen molar-refractivity contribution >= 4 is 49.9 Å². The maximum atomic E-state index is 12.2. The predicted molar refractivity (Wildman–Crippen MR) is 81.2 cm³/mol. The monoisotopic (exact) mass is 304 g/mol. The van der Waals surface area contributed by atoms with Crippen LogP contribution in [0.3, 0.4) is 0 Å². The molecule has 0 radical (unpaired) electrons. The summed E-state index contributed by atoms with van der Waals surface area (Å²) in [5.74, 6) is -0.256. The fraction of sp³-hybridized carbons (Fsp3) is 0. The maximum absolute atomic E-state index is 12.2. The minimum Gasteiger partial charge on any atom is -0.375 e. The molecule has 0 aliphatic heterocycles. The minimum absolute atomic E-state index is 0.256. The van der Waals surface area contributed by atoms with E-state index in [1.54, 1.807) is 30.5 Å². The van der Waals surface area contributed by atoms with E-state index in [4.69, 9.17) is 17.3 Å². The van der Waals surface area contributed by atoms with E-state index >= 15 is 0 Å². The Morgan fingerprint density at radius 1 is 1.35 bits per heavy atom. The van der Waals surface area contributed by atoms with Gasteiger partial charge in [0.2, 0.25) is 0 Å². The van der Waals surface area contributed by atoms with E-state index in [1.165, 1.54) is 17.5 Å². The summed E-state index contributed by atoms with van der Waals surface area (Å²) in [4.78, 5) is 20.2. The van der Waals surface area contributed by atoms with Crippen molar-refractivity contribution < 1.29 is 4.79 Å². The third kappa shape index (κ3) is 2.43. The molecule has 0 aliphatic rings. The summed E-state index contributed by atoms with van der Waals surface area (Å²) in [6.45, 7) is 0. The van der Waals surface area contributed by atoms with Crippen LogP contribution in [0.5, 0.6) is 0 Å². The molecular formula is C13H9ClN4OS. The van der Waals surface area contributed by atoms with Crippen molar-refractivity contribution in [3.05, 3.63) is 47.2 Å². The van der Waals surface area contributed by atoms with E-state index in [0.717, 1.165) is 10.2 Å². The number of amides is 1. The summed E-state index contributed by atoms with van der Waals surface area (Å²) in [6, 6.07) is 6.83. The van der Waals surface area contributed by atoms with Crippen LogP contribution in [0.1, 0.15) is 10.4 Å². The largest absolute Gasteiger partial charge is 0.375 e. The Morgan fingerprint density at radius 3 is 3.00 bits per heavy atom. The van der Waals surface area contributed by atoms with Crippen LogP contribution in [-0.2, 0) is 0 Å². The molecule has 0 saturated carbocycles. The number of hydrogen-bond acceptors (Lipinski definition) is 5. The topological polar surface area (TPSA) is 80.9 Å². The molecule has 0 atom stereocenters. The van der Waals surface area contributed by atoms with Gasteiger partial charge in [-0.05, 0) is 24.3 Å². The number of nitrogens with zero attached hydrogens (tertiary/aromatic N) is 2. The first-order chi connectivity index (χ1) is 9.63. The zero-order valence-electron chi connectivity index (χ0n) is 10.1. The van der Waals surface area contributed by atoms with E-state index < -0.39 is 0 Å². The lowest BCUT2D eigenvalue weighted by atomic mass is 10.2. The number of fused-ring (bicyclic) bond motifs is 1. The van der Waals surface area contributed by atoms with Crippen molar-refractivity contribution in [2.45, 2.75) is 0 Å². The quantitative estimate of drug-likeness (QED) is 0.762. The second-order valence-electron chi connectivity index (χ2n) is 4.04. The molecule has 1 amide bonds. The summed E-state index contributed by atoms with van der Waals surface area (Å²) >= 11 is 7.32. The SMILES string of the molecule is Nc1nc2ccc(C(=O)Nc3cnccc3Cl)cc2s1. The van der Waals surface area contributed by atoms with Gasteiger partial charge in [0.1, 0.15) is 0 Å². The van der Waals surface area contributed by atoms with Crippen molar-refractivity contribution in [2.24, 2.45) is 0 Å². The van der Waals surface area contributed by atoms with E-state index in [2.05, 4.69) is 15.3 Å². The third-order valence-electron chi connectivity index (χ3n) is 2.68. The van der Waals surface area contributed by atoms with Crippen LogP contribution < -0.4 is 11.1 Å². The number of carbonyl (C=O) groups is 1. The summed E-state index contributed by atoms with van der Waals surface area (Å²) < 4.78 is 0.868. The second kappa shape index (κ2) is 5.07. The maximum Gasteiger partial charge on any atom is 0.255 e. The van der Waals surface area contributed by atoms with Gasteiger partial charge < -0.3 is 11.1 Å². The van der Waals surface area contributed by atoms with Crippen molar-refractivity contribution in [2.75, 3.05) is 11.1 Å². The fourth-order valence-electron chi connectivity index (χ4n) is 1.75. The van der Waals surface area contributed by atoms with Gasteiger partial charge in [0.25, 0.3) is 5.91 Å². The number of thiazole rings is 1. The molecular weight excluding hydrogens is 296 g/mol. The third-order valence-corrected chi connectivity index (χ3v) is 3.86.